The summed E-state index contributed by atoms with van der Waals surface area (Å²) in [6.45, 7) is 2.21. The molecule has 1 aromatic heterocycles. The Hall–Kier alpha value is -2.84. The minimum atomic E-state index is -0.551. The molecule has 146 valence electrons. The third-order valence-corrected chi connectivity index (χ3v) is 4.95. The van der Waals surface area contributed by atoms with Crippen molar-refractivity contribution >= 4 is 17.5 Å². The Morgan fingerprint density at radius 2 is 1.86 bits per heavy atom. The maximum Gasteiger partial charge on any atom is 0.274 e. The minimum Gasteiger partial charge on any atom is -0.347 e. The molecule has 1 spiro atoms. The van der Waals surface area contributed by atoms with Crippen LogP contribution in [0.2, 0.25) is 0 Å². The van der Waals surface area contributed by atoms with Crippen LogP contribution >= 0.6 is 0 Å². The van der Waals surface area contributed by atoms with Crippen LogP contribution in [0.15, 0.2) is 42.6 Å². The number of piperidine rings is 1. The highest BCUT2D eigenvalue weighted by molar-refractivity contribution is 6.04. The molecule has 0 atom stereocenters. The van der Waals surface area contributed by atoms with Gasteiger partial charge in [0.25, 0.3) is 11.8 Å². The fraction of sp³-hybridized carbons (Fsp3) is 0.350. The summed E-state index contributed by atoms with van der Waals surface area (Å²) in [5.41, 5.74) is 0.788. The number of anilines is 1. The zero-order valence-electron chi connectivity index (χ0n) is 15.2. The summed E-state index contributed by atoms with van der Waals surface area (Å²) in [6, 6.07) is 8.60. The van der Waals surface area contributed by atoms with Gasteiger partial charge in [-0.2, -0.15) is 0 Å². The Bertz CT molecular complexity index is 889. The molecule has 2 fully saturated rings. The molecule has 4 rings (SSSR count). The number of pyridine rings is 1. The molecule has 0 aliphatic carbocycles. The van der Waals surface area contributed by atoms with E-state index in [9.17, 15) is 14.0 Å². The number of carbonyl (C=O) groups is 2. The molecule has 0 saturated carbocycles. The van der Waals surface area contributed by atoms with E-state index in [4.69, 9.17) is 9.47 Å². The van der Waals surface area contributed by atoms with Gasteiger partial charge in [-0.25, -0.2) is 4.39 Å². The van der Waals surface area contributed by atoms with Gasteiger partial charge in [0.15, 0.2) is 5.79 Å². The number of ether oxygens (including phenoxy) is 2. The summed E-state index contributed by atoms with van der Waals surface area (Å²) >= 11 is 0. The molecule has 0 bridgehead atoms. The van der Waals surface area contributed by atoms with Gasteiger partial charge in [-0.1, -0.05) is 6.07 Å². The second-order valence-corrected chi connectivity index (χ2v) is 6.79. The standard InChI is InChI=1S/C20H20FN3O4/c21-15-2-1-3-16(13-15)23-18(25)17-12-14(4-7-22-17)19(26)24-8-5-20(6-9-24)27-10-11-28-20/h1-4,7,12-13H,5-6,8-11H2,(H,23,25). The van der Waals surface area contributed by atoms with Crippen molar-refractivity contribution in [3.63, 3.8) is 0 Å². The van der Waals surface area contributed by atoms with Crippen LogP contribution in [0.1, 0.15) is 33.7 Å². The van der Waals surface area contributed by atoms with Gasteiger partial charge in [0, 0.05) is 43.4 Å². The van der Waals surface area contributed by atoms with E-state index in [0.717, 1.165) is 0 Å². The molecule has 2 saturated heterocycles. The number of nitrogens with zero attached hydrogens (tertiary/aromatic N) is 2. The van der Waals surface area contributed by atoms with E-state index < -0.39 is 17.5 Å². The van der Waals surface area contributed by atoms with Crippen LogP contribution in [-0.2, 0) is 9.47 Å². The Morgan fingerprint density at radius 3 is 2.57 bits per heavy atom. The number of benzene rings is 1. The number of halogens is 1. The lowest BCUT2D eigenvalue weighted by Crippen LogP contribution is -2.47. The third-order valence-electron chi connectivity index (χ3n) is 4.95. The average Bonchev–Trinajstić information content (AvgIpc) is 3.16. The SMILES string of the molecule is O=C(Nc1cccc(F)c1)c1cc(C(=O)N2CCC3(CC2)OCCO3)ccn1. The summed E-state index contributed by atoms with van der Waals surface area (Å²) in [7, 11) is 0. The van der Waals surface area contributed by atoms with Crippen molar-refractivity contribution in [1.82, 2.24) is 9.88 Å². The number of rotatable bonds is 3. The van der Waals surface area contributed by atoms with E-state index in [1.807, 2.05) is 0 Å². The fourth-order valence-electron chi connectivity index (χ4n) is 3.47. The molecule has 2 amide bonds. The number of amides is 2. The molecule has 0 radical (unpaired) electrons. The first-order chi connectivity index (χ1) is 13.5. The van der Waals surface area contributed by atoms with Gasteiger partial charge in [-0.05, 0) is 30.3 Å². The van der Waals surface area contributed by atoms with Gasteiger partial charge in [-0.15, -0.1) is 0 Å². The molecule has 8 heteroatoms. The lowest BCUT2D eigenvalue weighted by atomic mass is 10.0. The van der Waals surface area contributed by atoms with Crippen molar-refractivity contribution < 1.29 is 23.5 Å². The van der Waals surface area contributed by atoms with Crippen LogP contribution in [0.4, 0.5) is 10.1 Å². The molecule has 7 nitrogen and oxygen atoms in total. The zero-order chi connectivity index (χ0) is 19.6. The third kappa shape index (κ3) is 3.88. The van der Waals surface area contributed by atoms with Gasteiger partial charge in [-0.3, -0.25) is 14.6 Å². The van der Waals surface area contributed by atoms with Crippen LogP contribution in [-0.4, -0.2) is 53.8 Å². The quantitative estimate of drug-likeness (QED) is 0.878. The largest absolute Gasteiger partial charge is 0.347 e. The summed E-state index contributed by atoms with van der Waals surface area (Å²) in [5.74, 6) is -1.68. The summed E-state index contributed by atoms with van der Waals surface area (Å²) in [5, 5.41) is 2.58. The van der Waals surface area contributed by atoms with E-state index in [1.165, 1.54) is 30.5 Å². The number of carbonyl (C=O) groups excluding carboxylic acids is 2. The highest BCUT2D eigenvalue weighted by Crippen LogP contribution is 2.31. The van der Waals surface area contributed by atoms with Crippen LogP contribution < -0.4 is 5.32 Å². The van der Waals surface area contributed by atoms with Gasteiger partial charge in [0.05, 0.1) is 13.2 Å². The molecular formula is C20H20FN3O4. The molecule has 1 aromatic carbocycles. The van der Waals surface area contributed by atoms with Crippen LogP contribution in [0.3, 0.4) is 0 Å². The number of nitrogens with one attached hydrogen (secondary N) is 1. The first kappa shape index (κ1) is 18.5. The van der Waals surface area contributed by atoms with Crippen molar-refractivity contribution in [2.45, 2.75) is 18.6 Å². The molecule has 0 unspecified atom stereocenters. The summed E-state index contributed by atoms with van der Waals surface area (Å²) in [4.78, 5) is 31.0. The van der Waals surface area contributed by atoms with E-state index in [2.05, 4.69) is 10.3 Å². The number of likely N-dealkylation sites (tertiary alicyclic amines) is 1. The zero-order valence-corrected chi connectivity index (χ0v) is 15.2. The topological polar surface area (TPSA) is 80.8 Å². The number of hydrogen-bond donors (Lipinski definition) is 1. The highest BCUT2D eigenvalue weighted by Gasteiger charge is 2.40. The van der Waals surface area contributed by atoms with E-state index in [0.29, 0.717) is 50.4 Å². The molecule has 3 heterocycles. The minimum absolute atomic E-state index is 0.0889. The predicted octanol–water partition coefficient (Wildman–Crippen LogP) is 2.45. The first-order valence-corrected chi connectivity index (χ1v) is 9.15. The van der Waals surface area contributed by atoms with Crippen LogP contribution in [0.5, 0.6) is 0 Å². The lowest BCUT2D eigenvalue weighted by Gasteiger charge is -2.37. The van der Waals surface area contributed by atoms with Gasteiger partial charge in [0.2, 0.25) is 0 Å². The summed E-state index contributed by atoms with van der Waals surface area (Å²) in [6.07, 6.45) is 2.66. The predicted molar refractivity (Wildman–Crippen MR) is 98.4 cm³/mol. The Morgan fingerprint density at radius 1 is 1.11 bits per heavy atom. The average molecular weight is 385 g/mol. The van der Waals surface area contributed by atoms with Crippen molar-refractivity contribution in [2.75, 3.05) is 31.6 Å². The second kappa shape index (κ2) is 7.65. The van der Waals surface area contributed by atoms with Crippen LogP contribution in [0.25, 0.3) is 0 Å². The van der Waals surface area contributed by atoms with E-state index >= 15 is 0 Å². The van der Waals surface area contributed by atoms with Crippen molar-refractivity contribution in [2.24, 2.45) is 0 Å². The highest BCUT2D eigenvalue weighted by atomic mass is 19.1. The Labute approximate surface area is 161 Å². The molecule has 2 aliphatic heterocycles. The molecule has 28 heavy (non-hydrogen) atoms. The Kier molecular flexibility index (Phi) is 5.06. The second-order valence-electron chi connectivity index (χ2n) is 6.79. The first-order valence-electron chi connectivity index (χ1n) is 9.15. The van der Waals surface area contributed by atoms with E-state index in [-0.39, 0.29) is 11.6 Å². The molecular weight excluding hydrogens is 365 g/mol. The summed E-state index contributed by atoms with van der Waals surface area (Å²) < 4.78 is 24.6. The van der Waals surface area contributed by atoms with Crippen molar-refractivity contribution in [3.05, 3.63) is 59.7 Å². The normalized spacial score (nSPS) is 18.2. The van der Waals surface area contributed by atoms with Crippen LogP contribution in [0, 0.1) is 5.82 Å². The molecule has 1 N–H and O–H groups in total. The molecule has 2 aromatic rings. The maximum absolute atomic E-state index is 13.3. The van der Waals surface area contributed by atoms with Gasteiger partial charge in [0.1, 0.15) is 11.5 Å². The maximum atomic E-state index is 13.3. The Balaban J connectivity index is 1.43. The number of hydrogen-bond acceptors (Lipinski definition) is 5. The monoisotopic (exact) mass is 385 g/mol. The van der Waals surface area contributed by atoms with Crippen molar-refractivity contribution in [1.29, 1.82) is 0 Å². The van der Waals surface area contributed by atoms with Crippen molar-refractivity contribution in [3.8, 4) is 0 Å². The van der Waals surface area contributed by atoms with Gasteiger partial charge < -0.3 is 19.7 Å². The number of aromatic nitrogens is 1. The molecule has 2 aliphatic rings. The fourth-order valence-corrected chi connectivity index (χ4v) is 3.47. The van der Waals surface area contributed by atoms with Gasteiger partial charge >= 0.3 is 0 Å². The smallest absolute Gasteiger partial charge is 0.274 e. The van der Waals surface area contributed by atoms with E-state index in [1.54, 1.807) is 17.0 Å². The lowest BCUT2D eigenvalue weighted by molar-refractivity contribution is -0.181.